The largest absolute Gasteiger partial charge is 0.496 e. The fourth-order valence-electron chi connectivity index (χ4n) is 4.98. The average Bonchev–Trinajstić information content (AvgIpc) is 2.93. The molecule has 1 amide bonds. The Morgan fingerprint density at radius 3 is 2.39 bits per heavy atom. The lowest BCUT2D eigenvalue weighted by atomic mass is 9.97. The number of benzene rings is 3. The number of rotatable bonds is 9. The van der Waals surface area contributed by atoms with E-state index in [9.17, 15) is 4.79 Å². The van der Waals surface area contributed by atoms with Crippen LogP contribution in [0, 0.1) is 6.92 Å². The average molecular weight is 489 g/mol. The Balaban J connectivity index is 1.55. The predicted octanol–water partition coefficient (Wildman–Crippen LogP) is 5.36. The molecule has 0 saturated carbocycles. The first-order valence-corrected chi connectivity index (χ1v) is 12.5. The van der Waals surface area contributed by atoms with Crippen molar-refractivity contribution in [1.82, 2.24) is 10.2 Å². The van der Waals surface area contributed by atoms with Gasteiger partial charge in [-0.1, -0.05) is 55.0 Å². The molecule has 1 saturated heterocycles. The highest BCUT2D eigenvalue weighted by Crippen LogP contribution is 2.37. The van der Waals surface area contributed by atoms with E-state index >= 15 is 0 Å². The van der Waals surface area contributed by atoms with Gasteiger partial charge in [0.15, 0.2) is 0 Å². The van der Waals surface area contributed by atoms with Gasteiger partial charge in [0, 0.05) is 25.7 Å². The van der Waals surface area contributed by atoms with Gasteiger partial charge in [-0.3, -0.25) is 9.69 Å². The van der Waals surface area contributed by atoms with Crippen LogP contribution in [-0.2, 0) is 17.9 Å². The van der Waals surface area contributed by atoms with Crippen molar-refractivity contribution in [3.63, 3.8) is 0 Å². The van der Waals surface area contributed by atoms with Gasteiger partial charge in [-0.2, -0.15) is 0 Å². The minimum atomic E-state index is -0.144. The van der Waals surface area contributed by atoms with E-state index in [4.69, 9.17) is 14.2 Å². The molecule has 1 atom stereocenters. The minimum Gasteiger partial charge on any atom is -0.496 e. The minimum absolute atomic E-state index is 0.0562. The topological polar surface area (TPSA) is 60.0 Å². The highest BCUT2D eigenvalue weighted by molar-refractivity contribution is 5.81. The van der Waals surface area contributed by atoms with E-state index in [-0.39, 0.29) is 11.9 Å². The van der Waals surface area contributed by atoms with Crippen LogP contribution in [0.5, 0.6) is 17.2 Å². The number of hydrogen-bond donors (Lipinski definition) is 1. The maximum Gasteiger partial charge on any atom is 0.237 e. The Morgan fingerprint density at radius 2 is 1.72 bits per heavy atom. The lowest BCUT2D eigenvalue weighted by Crippen LogP contribution is -2.48. The number of ether oxygens (including phenoxy) is 3. The third-order valence-corrected chi connectivity index (χ3v) is 7.03. The zero-order valence-electron chi connectivity index (χ0n) is 21.7. The smallest absolute Gasteiger partial charge is 0.237 e. The van der Waals surface area contributed by atoms with Crippen LogP contribution in [0.2, 0.25) is 0 Å². The van der Waals surface area contributed by atoms with E-state index in [1.54, 1.807) is 21.3 Å². The molecule has 0 bridgehead atoms. The standard InChI is InChI=1S/C30H36N2O4/c1-21-23(13-10-14-25(21)22-11-6-5-7-12-22)20-36-24-17-28(34-3)26(29(18-24)35-4)19-32-16-9-8-15-27(32)30(33)31-2/h5-7,10-14,17-18,27H,8-9,15-16,19-20H2,1-4H3,(H,31,33)/t27-/m0/s1. The second-order valence-corrected chi connectivity index (χ2v) is 9.15. The molecule has 1 heterocycles. The second kappa shape index (κ2) is 12.0. The van der Waals surface area contributed by atoms with Crippen LogP contribution in [0.3, 0.4) is 0 Å². The molecule has 0 aromatic heterocycles. The van der Waals surface area contributed by atoms with E-state index in [1.165, 1.54) is 16.7 Å². The first-order chi connectivity index (χ1) is 17.5. The van der Waals surface area contributed by atoms with Crippen molar-refractivity contribution in [2.75, 3.05) is 27.8 Å². The molecule has 0 spiro atoms. The molecule has 1 N–H and O–H groups in total. The summed E-state index contributed by atoms with van der Waals surface area (Å²) in [5.41, 5.74) is 5.64. The van der Waals surface area contributed by atoms with Crippen LogP contribution in [-0.4, -0.2) is 44.7 Å². The van der Waals surface area contributed by atoms with Gasteiger partial charge in [-0.25, -0.2) is 0 Å². The number of carbonyl (C=O) groups excluding carboxylic acids is 1. The highest BCUT2D eigenvalue weighted by Gasteiger charge is 2.29. The van der Waals surface area contributed by atoms with Crippen molar-refractivity contribution in [2.24, 2.45) is 0 Å². The van der Waals surface area contributed by atoms with Crippen LogP contribution < -0.4 is 19.5 Å². The molecule has 1 aliphatic heterocycles. The summed E-state index contributed by atoms with van der Waals surface area (Å²) in [4.78, 5) is 14.7. The van der Waals surface area contributed by atoms with Gasteiger partial charge in [-0.15, -0.1) is 0 Å². The summed E-state index contributed by atoms with van der Waals surface area (Å²) >= 11 is 0. The van der Waals surface area contributed by atoms with Gasteiger partial charge >= 0.3 is 0 Å². The van der Waals surface area contributed by atoms with Gasteiger partial charge in [0.2, 0.25) is 5.91 Å². The lowest BCUT2D eigenvalue weighted by molar-refractivity contribution is -0.127. The van der Waals surface area contributed by atoms with Crippen LogP contribution in [0.25, 0.3) is 11.1 Å². The van der Waals surface area contributed by atoms with Crippen molar-refractivity contribution in [3.05, 3.63) is 77.4 Å². The van der Waals surface area contributed by atoms with Crippen LogP contribution in [0.4, 0.5) is 0 Å². The fourth-order valence-corrected chi connectivity index (χ4v) is 4.98. The van der Waals surface area contributed by atoms with Gasteiger partial charge in [0.25, 0.3) is 0 Å². The molecule has 4 rings (SSSR count). The van der Waals surface area contributed by atoms with E-state index in [2.05, 4.69) is 59.6 Å². The molecule has 36 heavy (non-hydrogen) atoms. The number of nitrogens with zero attached hydrogens (tertiary/aromatic N) is 1. The maximum absolute atomic E-state index is 12.5. The van der Waals surface area contributed by atoms with Crippen molar-refractivity contribution < 1.29 is 19.0 Å². The second-order valence-electron chi connectivity index (χ2n) is 9.15. The zero-order valence-corrected chi connectivity index (χ0v) is 21.7. The number of carbonyl (C=O) groups is 1. The molecule has 0 unspecified atom stereocenters. The summed E-state index contributed by atoms with van der Waals surface area (Å²) in [6, 6.07) is 20.4. The van der Waals surface area contributed by atoms with Crippen molar-refractivity contribution in [2.45, 2.75) is 45.4 Å². The van der Waals surface area contributed by atoms with Gasteiger partial charge in [0.1, 0.15) is 23.9 Å². The quantitative estimate of drug-likeness (QED) is 0.440. The number of piperidine rings is 1. The zero-order chi connectivity index (χ0) is 25.5. The van der Waals surface area contributed by atoms with Gasteiger partial charge < -0.3 is 19.5 Å². The Labute approximate surface area is 214 Å². The van der Waals surface area contributed by atoms with E-state index < -0.39 is 0 Å². The normalized spacial score (nSPS) is 15.8. The monoisotopic (exact) mass is 488 g/mol. The molecule has 1 aliphatic rings. The highest BCUT2D eigenvalue weighted by atomic mass is 16.5. The van der Waals surface area contributed by atoms with Crippen molar-refractivity contribution in [3.8, 4) is 28.4 Å². The molecular weight excluding hydrogens is 452 g/mol. The molecule has 6 heteroatoms. The number of amides is 1. The number of hydrogen-bond acceptors (Lipinski definition) is 5. The summed E-state index contributed by atoms with van der Waals surface area (Å²) in [6.45, 7) is 4.00. The summed E-state index contributed by atoms with van der Waals surface area (Å²) < 4.78 is 17.7. The summed E-state index contributed by atoms with van der Waals surface area (Å²) in [5, 5.41) is 2.80. The van der Waals surface area contributed by atoms with Crippen molar-refractivity contribution >= 4 is 5.91 Å². The first kappa shape index (κ1) is 25.6. The van der Waals surface area contributed by atoms with E-state index in [0.29, 0.717) is 30.4 Å². The third kappa shape index (κ3) is 5.65. The summed E-state index contributed by atoms with van der Waals surface area (Å²) in [6.07, 6.45) is 2.98. The van der Waals surface area contributed by atoms with Crippen LogP contribution in [0.15, 0.2) is 60.7 Å². The predicted molar refractivity (Wildman–Crippen MR) is 143 cm³/mol. The van der Waals surface area contributed by atoms with Crippen LogP contribution in [0.1, 0.15) is 36.0 Å². The molecule has 3 aromatic carbocycles. The van der Waals surface area contributed by atoms with Crippen LogP contribution >= 0.6 is 0 Å². The third-order valence-electron chi connectivity index (χ3n) is 7.03. The SMILES string of the molecule is CNC(=O)[C@@H]1CCCCN1Cc1c(OC)cc(OCc2cccc(-c3ccccc3)c2C)cc1OC. The number of methoxy groups -OCH3 is 2. The molecule has 190 valence electrons. The molecule has 0 aliphatic carbocycles. The molecule has 1 fully saturated rings. The number of likely N-dealkylation sites (N-methyl/N-ethyl adjacent to an activating group) is 1. The lowest BCUT2D eigenvalue weighted by Gasteiger charge is -2.35. The maximum atomic E-state index is 12.5. The molecule has 0 radical (unpaired) electrons. The molecule has 3 aromatic rings. The fraction of sp³-hybridized carbons (Fsp3) is 0.367. The van der Waals surface area contributed by atoms with Crippen molar-refractivity contribution in [1.29, 1.82) is 0 Å². The molecular formula is C30H36N2O4. The summed E-state index contributed by atoms with van der Waals surface area (Å²) in [7, 11) is 5.00. The number of likely N-dealkylation sites (tertiary alicyclic amines) is 1. The first-order valence-electron chi connectivity index (χ1n) is 12.5. The summed E-state index contributed by atoms with van der Waals surface area (Å²) in [5.74, 6) is 2.12. The molecule has 6 nitrogen and oxygen atoms in total. The Hall–Kier alpha value is -3.51. The van der Waals surface area contributed by atoms with Gasteiger partial charge in [0.05, 0.1) is 25.8 Å². The Kier molecular flexibility index (Phi) is 8.49. The number of nitrogens with one attached hydrogen (secondary N) is 1. The van der Waals surface area contributed by atoms with E-state index in [1.807, 2.05) is 18.2 Å². The van der Waals surface area contributed by atoms with E-state index in [0.717, 1.165) is 36.9 Å². The Bertz CT molecular complexity index is 1150. The Morgan fingerprint density at radius 1 is 1.00 bits per heavy atom. The van der Waals surface area contributed by atoms with Gasteiger partial charge in [-0.05, 0) is 48.6 Å².